The first-order chi connectivity index (χ1) is 9.31. The second-order valence-electron chi connectivity index (χ2n) is 4.87. The number of anilines is 3. The van der Waals surface area contributed by atoms with Crippen LogP contribution in [0.1, 0.15) is 25.0 Å². The molecule has 3 heterocycles. The standard InChI is InChI=1S/C13H18N6/c1-10-7-12(18-17-10)16-11-8-13(15-9-14-11)19-5-3-2-4-6-19/h7-9H,2-6H2,1H3,(H2,14,15,16,17,18). The molecule has 0 amide bonds. The lowest BCUT2D eigenvalue weighted by molar-refractivity contribution is 0.573. The van der Waals surface area contributed by atoms with Crippen molar-refractivity contribution in [3.05, 3.63) is 24.2 Å². The van der Waals surface area contributed by atoms with Crippen LogP contribution in [0.5, 0.6) is 0 Å². The summed E-state index contributed by atoms with van der Waals surface area (Å²) in [6.45, 7) is 4.13. The Morgan fingerprint density at radius 3 is 2.68 bits per heavy atom. The number of aromatic nitrogens is 4. The van der Waals surface area contributed by atoms with E-state index >= 15 is 0 Å². The third-order valence-electron chi connectivity index (χ3n) is 3.29. The van der Waals surface area contributed by atoms with Crippen LogP contribution in [-0.2, 0) is 0 Å². The minimum atomic E-state index is 0.779. The van der Waals surface area contributed by atoms with Crippen LogP contribution in [0.2, 0.25) is 0 Å². The molecule has 2 N–H and O–H groups in total. The van der Waals surface area contributed by atoms with Gasteiger partial charge in [0, 0.05) is 30.9 Å². The molecule has 0 atom stereocenters. The predicted octanol–water partition coefficient (Wildman–Crippen LogP) is 2.24. The number of hydrogen-bond donors (Lipinski definition) is 2. The molecule has 1 fully saturated rings. The molecule has 0 saturated carbocycles. The molecule has 6 heteroatoms. The summed E-state index contributed by atoms with van der Waals surface area (Å²) in [5, 5.41) is 10.2. The summed E-state index contributed by atoms with van der Waals surface area (Å²) in [5.74, 6) is 2.55. The first-order valence-corrected chi connectivity index (χ1v) is 6.67. The Hall–Kier alpha value is -2.11. The Morgan fingerprint density at radius 2 is 1.95 bits per heavy atom. The fourth-order valence-electron chi connectivity index (χ4n) is 2.32. The van der Waals surface area contributed by atoms with Crippen molar-refractivity contribution in [1.82, 2.24) is 20.2 Å². The molecule has 0 spiro atoms. The van der Waals surface area contributed by atoms with Crippen LogP contribution in [0.15, 0.2) is 18.5 Å². The van der Waals surface area contributed by atoms with Crippen LogP contribution in [0.4, 0.5) is 17.5 Å². The van der Waals surface area contributed by atoms with E-state index in [2.05, 4.69) is 30.4 Å². The number of piperidine rings is 1. The SMILES string of the molecule is Cc1cc(Nc2cc(N3CCCCC3)ncn2)n[nH]1. The van der Waals surface area contributed by atoms with E-state index in [0.717, 1.165) is 36.2 Å². The first kappa shape index (κ1) is 12.0. The molecular formula is C13H18N6. The van der Waals surface area contributed by atoms with Crippen LogP contribution >= 0.6 is 0 Å². The van der Waals surface area contributed by atoms with Crippen molar-refractivity contribution < 1.29 is 0 Å². The molecule has 100 valence electrons. The highest BCUT2D eigenvalue weighted by atomic mass is 15.2. The summed E-state index contributed by atoms with van der Waals surface area (Å²) in [5.41, 5.74) is 1.02. The average Bonchev–Trinajstić information content (AvgIpc) is 2.85. The van der Waals surface area contributed by atoms with Gasteiger partial charge in [-0.1, -0.05) is 0 Å². The van der Waals surface area contributed by atoms with Gasteiger partial charge < -0.3 is 10.2 Å². The number of aryl methyl sites for hydroxylation is 1. The smallest absolute Gasteiger partial charge is 0.153 e. The Balaban J connectivity index is 1.75. The van der Waals surface area contributed by atoms with Gasteiger partial charge in [0.2, 0.25) is 0 Å². The zero-order chi connectivity index (χ0) is 13.1. The Morgan fingerprint density at radius 1 is 1.11 bits per heavy atom. The van der Waals surface area contributed by atoms with E-state index in [1.165, 1.54) is 19.3 Å². The number of aromatic amines is 1. The van der Waals surface area contributed by atoms with Gasteiger partial charge in [0.15, 0.2) is 5.82 Å². The van der Waals surface area contributed by atoms with E-state index in [1.54, 1.807) is 6.33 Å². The third kappa shape index (κ3) is 2.83. The largest absolute Gasteiger partial charge is 0.356 e. The van der Waals surface area contributed by atoms with Crippen LogP contribution in [-0.4, -0.2) is 33.3 Å². The van der Waals surface area contributed by atoms with Gasteiger partial charge in [-0.05, 0) is 26.2 Å². The van der Waals surface area contributed by atoms with E-state index in [1.807, 2.05) is 19.1 Å². The summed E-state index contributed by atoms with van der Waals surface area (Å²) in [6, 6.07) is 3.93. The molecule has 0 aromatic carbocycles. The summed E-state index contributed by atoms with van der Waals surface area (Å²) in [6.07, 6.45) is 5.40. The lowest BCUT2D eigenvalue weighted by Gasteiger charge is -2.27. The van der Waals surface area contributed by atoms with E-state index in [9.17, 15) is 0 Å². The highest BCUT2D eigenvalue weighted by Crippen LogP contribution is 2.20. The maximum Gasteiger partial charge on any atom is 0.153 e. The first-order valence-electron chi connectivity index (χ1n) is 6.67. The molecule has 0 unspecified atom stereocenters. The molecule has 0 radical (unpaired) electrons. The number of nitrogens with one attached hydrogen (secondary N) is 2. The minimum Gasteiger partial charge on any atom is -0.356 e. The van der Waals surface area contributed by atoms with Crippen LogP contribution in [0.3, 0.4) is 0 Å². The summed E-state index contributed by atoms with van der Waals surface area (Å²) in [4.78, 5) is 10.9. The lowest BCUT2D eigenvalue weighted by Crippen LogP contribution is -2.30. The maximum atomic E-state index is 4.36. The molecule has 6 nitrogen and oxygen atoms in total. The molecule has 2 aromatic heterocycles. The molecule has 3 rings (SSSR count). The minimum absolute atomic E-state index is 0.779. The normalized spacial score (nSPS) is 15.5. The van der Waals surface area contributed by atoms with Gasteiger partial charge in [-0.2, -0.15) is 5.10 Å². The monoisotopic (exact) mass is 258 g/mol. The van der Waals surface area contributed by atoms with Crippen LogP contribution < -0.4 is 10.2 Å². The predicted molar refractivity (Wildman–Crippen MR) is 74.7 cm³/mol. The Kier molecular flexibility index (Phi) is 3.31. The van der Waals surface area contributed by atoms with E-state index in [-0.39, 0.29) is 0 Å². The zero-order valence-electron chi connectivity index (χ0n) is 11.1. The average molecular weight is 258 g/mol. The van der Waals surface area contributed by atoms with Gasteiger partial charge in [-0.25, -0.2) is 9.97 Å². The van der Waals surface area contributed by atoms with E-state index in [4.69, 9.17) is 0 Å². The van der Waals surface area contributed by atoms with Gasteiger partial charge in [-0.3, -0.25) is 5.10 Å². The zero-order valence-corrected chi connectivity index (χ0v) is 11.1. The molecule has 0 bridgehead atoms. The Bertz CT molecular complexity index is 544. The van der Waals surface area contributed by atoms with E-state index < -0.39 is 0 Å². The summed E-state index contributed by atoms with van der Waals surface area (Å²) >= 11 is 0. The molecule has 1 aliphatic heterocycles. The van der Waals surface area contributed by atoms with Gasteiger partial charge in [0.1, 0.15) is 18.0 Å². The molecule has 0 aliphatic carbocycles. The van der Waals surface area contributed by atoms with Crippen LogP contribution in [0.25, 0.3) is 0 Å². The molecule has 19 heavy (non-hydrogen) atoms. The van der Waals surface area contributed by atoms with Crippen molar-refractivity contribution in [2.24, 2.45) is 0 Å². The van der Waals surface area contributed by atoms with Crippen molar-refractivity contribution >= 4 is 17.5 Å². The Labute approximate surface area is 112 Å². The molecule has 2 aromatic rings. The lowest BCUT2D eigenvalue weighted by atomic mass is 10.1. The molecular weight excluding hydrogens is 240 g/mol. The molecule has 1 aliphatic rings. The fraction of sp³-hybridized carbons (Fsp3) is 0.462. The van der Waals surface area contributed by atoms with Crippen molar-refractivity contribution in [2.75, 3.05) is 23.3 Å². The van der Waals surface area contributed by atoms with Crippen molar-refractivity contribution in [1.29, 1.82) is 0 Å². The highest BCUT2D eigenvalue weighted by Gasteiger charge is 2.12. The topological polar surface area (TPSA) is 69.7 Å². The van der Waals surface area contributed by atoms with Crippen molar-refractivity contribution in [2.45, 2.75) is 26.2 Å². The summed E-state index contributed by atoms with van der Waals surface area (Å²) < 4.78 is 0. The van der Waals surface area contributed by atoms with Gasteiger partial charge in [0.25, 0.3) is 0 Å². The van der Waals surface area contributed by atoms with Gasteiger partial charge in [0.05, 0.1) is 0 Å². The van der Waals surface area contributed by atoms with Gasteiger partial charge in [-0.15, -0.1) is 0 Å². The second kappa shape index (κ2) is 5.26. The van der Waals surface area contributed by atoms with Gasteiger partial charge >= 0.3 is 0 Å². The molecule has 1 saturated heterocycles. The third-order valence-corrected chi connectivity index (χ3v) is 3.29. The number of H-pyrrole nitrogens is 1. The quantitative estimate of drug-likeness (QED) is 0.883. The fourth-order valence-corrected chi connectivity index (χ4v) is 2.32. The second-order valence-corrected chi connectivity index (χ2v) is 4.87. The van der Waals surface area contributed by atoms with E-state index in [0.29, 0.717) is 0 Å². The maximum absolute atomic E-state index is 4.36. The number of nitrogens with zero attached hydrogens (tertiary/aromatic N) is 4. The van der Waals surface area contributed by atoms with Crippen molar-refractivity contribution in [3.63, 3.8) is 0 Å². The summed E-state index contributed by atoms with van der Waals surface area (Å²) in [7, 11) is 0. The van der Waals surface area contributed by atoms with Crippen LogP contribution in [0, 0.1) is 6.92 Å². The number of rotatable bonds is 3. The highest BCUT2D eigenvalue weighted by molar-refractivity contribution is 5.56. The van der Waals surface area contributed by atoms with Crippen molar-refractivity contribution in [3.8, 4) is 0 Å². The number of hydrogen-bond acceptors (Lipinski definition) is 5.